The number of ketones is 1. The van der Waals surface area contributed by atoms with Crippen LogP contribution in [0.5, 0.6) is 0 Å². The van der Waals surface area contributed by atoms with Crippen molar-refractivity contribution in [2.45, 2.75) is 13.3 Å². The highest BCUT2D eigenvalue weighted by Gasteiger charge is 2.15. The summed E-state index contributed by atoms with van der Waals surface area (Å²) in [6.45, 7) is 2.07. The minimum absolute atomic E-state index is 0.138. The minimum Gasteiger partial charge on any atom is -0.398 e. The zero-order valence-electron chi connectivity index (χ0n) is 10.1. The molecule has 0 unspecified atom stereocenters. The Kier molecular flexibility index (Phi) is 3.68. The lowest BCUT2D eigenvalue weighted by Gasteiger charge is -2.07. The summed E-state index contributed by atoms with van der Waals surface area (Å²) in [5.74, 6) is -0.138. The minimum atomic E-state index is -0.138. The Labute approximate surface area is 111 Å². The molecule has 0 saturated carbocycles. The predicted octanol–water partition coefficient (Wildman–Crippen LogP) is 3.72. The molecule has 0 fully saturated rings. The average molecular weight is 260 g/mol. The molecule has 2 rings (SSSR count). The number of carbonyl (C=O) groups is 1. The molecule has 0 heterocycles. The summed E-state index contributed by atoms with van der Waals surface area (Å²) >= 11 is 6.03. The van der Waals surface area contributed by atoms with Crippen LogP contribution >= 0.6 is 11.6 Å². The smallest absolute Gasteiger partial charge is 0.196 e. The van der Waals surface area contributed by atoms with E-state index in [0.717, 1.165) is 6.42 Å². The second-order valence-electron chi connectivity index (χ2n) is 4.08. The van der Waals surface area contributed by atoms with E-state index in [1.807, 2.05) is 24.3 Å². The highest BCUT2D eigenvalue weighted by molar-refractivity contribution is 6.35. The highest BCUT2D eigenvalue weighted by Crippen LogP contribution is 2.25. The van der Waals surface area contributed by atoms with Crippen LogP contribution in [0.1, 0.15) is 28.4 Å². The summed E-state index contributed by atoms with van der Waals surface area (Å²) in [7, 11) is 0. The predicted molar refractivity (Wildman–Crippen MR) is 75.1 cm³/mol. The van der Waals surface area contributed by atoms with E-state index in [0.29, 0.717) is 21.8 Å². The molecule has 3 heteroatoms. The lowest BCUT2D eigenvalue weighted by atomic mass is 10.00. The molecule has 0 amide bonds. The van der Waals surface area contributed by atoms with Crippen LogP contribution in [0.2, 0.25) is 5.02 Å². The van der Waals surface area contributed by atoms with Gasteiger partial charge < -0.3 is 5.73 Å². The molecule has 0 radical (unpaired) electrons. The normalized spacial score (nSPS) is 10.3. The van der Waals surface area contributed by atoms with E-state index in [1.165, 1.54) is 5.56 Å². The Hall–Kier alpha value is -1.80. The molecule has 18 heavy (non-hydrogen) atoms. The zero-order chi connectivity index (χ0) is 13.1. The first-order valence-corrected chi connectivity index (χ1v) is 6.19. The third-order valence-corrected chi connectivity index (χ3v) is 3.21. The van der Waals surface area contributed by atoms with Gasteiger partial charge in [-0.3, -0.25) is 4.79 Å². The summed E-state index contributed by atoms with van der Waals surface area (Å²) in [5.41, 5.74) is 8.39. The van der Waals surface area contributed by atoms with Crippen LogP contribution < -0.4 is 5.73 Å². The molecule has 2 nitrogen and oxygen atoms in total. The Bertz CT molecular complexity index is 555. The molecule has 0 aliphatic rings. The quantitative estimate of drug-likeness (QED) is 0.674. The molecule has 0 aliphatic heterocycles. The number of carbonyl (C=O) groups excluding carboxylic acids is 1. The van der Waals surface area contributed by atoms with E-state index in [4.69, 9.17) is 17.3 Å². The number of aryl methyl sites for hydroxylation is 1. The van der Waals surface area contributed by atoms with E-state index in [1.54, 1.807) is 18.2 Å². The maximum absolute atomic E-state index is 12.3. The van der Waals surface area contributed by atoms with Gasteiger partial charge in [0.2, 0.25) is 0 Å². The first-order valence-electron chi connectivity index (χ1n) is 5.81. The molecule has 0 saturated heterocycles. The van der Waals surface area contributed by atoms with Gasteiger partial charge in [0.15, 0.2) is 5.78 Å². The van der Waals surface area contributed by atoms with Gasteiger partial charge in [0, 0.05) is 11.3 Å². The molecule has 0 spiro atoms. The van der Waals surface area contributed by atoms with Gasteiger partial charge in [-0.25, -0.2) is 0 Å². The standard InChI is InChI=1S/C15H14ClNO/c1-2-10-6-8-11(9-7-10)15(18)14-12(16)4-3-5-13(14)17/h3-9H,2,17H2,1H3. The van der Waals surface area contributed by atoms with Gasteiger partial charge in [-0.2, -0.15) is 0 Å². The molecule has 0 aliphatic carbocycles. The number of benzene rings is 2. The summed E-state index contributed by atoms with van der Waals surface area (Å²) in [5, 5.41) is 0.388. The van der Waals surface area contributed by atoms with Crippen LogP contribution in [0.3, 0.4) is 0 Å². The number of nitrogens with two attached hydrogens (primary N) is 1. The van der Waals surface area contributed by atoms with E-state index < -0.39 is 0 Å². The van der Waals surface area contributed by atoms with Crippen molar-refractivity contribution in [1.29, 1.82) is 0 Å². The van der Waals surface area contributed by atoms with Crippen molar-refractivity contribution in [3.05, 3.63) is 64.2 Å². The lowest BCUT2D eigenvalue weighted by Crippen LogP contribution is -2.06. The molecule has 2 aromatic rings. The fourth-order valence-corrected chi connectivity index (χ4v) is 2.08. The molecule has 0 bridgehead atoms. The fourth-order valence-electron chi connectivity index (χ4n) is 1.82. The van der Waals surface area contributed by atoms with Gasteiger partial charge in [0.05, 0.1) is 10.6 Å². The second-order valence-corrected chi connectivity index (χ2v) is 4.49. The van der Waals surface area contributed by atoms with Gasteiger partial charge in [0.25, 0.3) is 0 Å². The van der Waals surface area contributed by atoms with Gasteiger partial charge >= 0.3 is 0 Å². The highest BCUT2D eigenvalue weighted by atomic mass is 35.5. The summed E-state index contributed by atoms with van der Waals surface area (Å²) in [6.07, 6.45) is 0.947. The average Bonchev–Trinajstić information content (AvgIpc) is 2.38. The Morgan fingerprint density at radius 1 is 1.17 bits per heavy atom. The second kappa shape index (κ2) is 5.23. The molecule has 2 N–H and O–H groups in total. The monoisotopic (exact) mass is 259 g/mol. The number of hydrogen-bond acceptors (Lipinski definition) is 2. The summed E-state index contributed by atoms with van der Waals surface area (Å²) in [4.78, 5) is 12.3. The number of halogens is 1. The Morgan fingerprint density at radius 3 is 2.39 bits per heavy atom. The summed E-state index contributed by atoms with van der Waals surface area (Å²) < 4.78 is 0. The molecule has 2 aromatic carbocycles. The van der Waals surface area contributed by atoms with Crippen molar-refractivity contribution in [1.82, 2.24) is 0 Å². The molecule has 92 valence electrons. The van der Waals surface area contributed by atoms with Crippen molar-refractivity contribution in [3.63, 3.8) is 0 Å². The van der Waals surface area contributed by atoms with Crippen LogP contribution in [0.4, 0.5) is 5.69 Å². The van der Waals surface area contributed by atoms with E-state index in [2.05, 4.69) is 6.92 Å². The number of rotatable bonds is 3. The van der Waals surface area contributed by atoms with E-state index >= 15 is 0 Å². The van der Waals surface area contributed by atoms with Crippen LogP contribution in [0.25, 0.3) is 0 Å². The number of anilines is 1. The maximum Gasteiger partial charge on any atom is 0.196 e. The first-order chi connectivity index (χ1) is 8.63. The Morgan fingerprint density at radius 2 is 1.83 bits per heavy atom. The van der Waals surface area contributed by atoms with Crippen LogP contribution in [-0.4, -0.2) is 5.78 Å². The molecular weight excluding hydrogens is 246 g/mol. The zero-order valence-corrected chi connectivity index (χ0v) is 10.9. The van der Waals surface area contributed by atoms with Gasteiger partial charge in [-0.05, 0) is 24.1 Å². The van der Waals surface area contributed by atoms with Crippen molar-refractivity contribution in [3.8, 4) is 0 Å². The first kappa shape index (κ1) is 12.7. The van der Waals surface area contributed by atoms with Crippen molar-refractivity contribution in [2.75, 3.05) is 5.73 Å². The van der Waals surface area contributed by atoms with E-state index in [-0.39, 0.29) is 5.78 Å². The number of hydrogen-bond donors (Lipinski definition) is 1. The van der Waals surface area contributed by atoms with Crippen molar-refractivity contribution >= 4 is 23.1 Å². The van der Waals surface area contributed by atoms with Gasteiger partial charge in [0.1, 0.15) is 0 Å². The third-order valence-electron chi connectivity index (χ3n) is 2.90. The molecule has 0 aromatic heterocycles. The lowest BCUT2D eigenvalue weighted by molar-refractivity contribution is 0.103. The van der Waals surface area contributed by atoms with E-state index in [9.17, 15) is 4.79 Å². The summed E-state index contributed by atoms with van der Waals surface area (Å²) in [6, 6.07) is 12.6. The molecular formula is C15H14ClNO. The number of nitrogen functional groups attached to an aromatic ring is 1. The topological polar surface area (TPSA) is 43.1 Å². The SMILES string of the molecule is CCc1ccc(C(=O)c2c(N)cccc2Cl)cc1. The van der Waals surface area contributed by atoms with Crippen LogP contribution in [0, 0.1) is 0 Å². The third kappa shape index (κ3) is 2.39. The van der Waals surface area contributed by atoms with Crippen molar-refractivity contribution < 1.29 is 4.79 Å². The largest absolute Gasteiger partial charge is 0.398 e. The fraction of sp³-hybridized carbons (Fsp3) is 0.133. The van der Waals surface area contributed by atoms with Crippen LogP contribution in [0.15, 0.2) is 42.5 Å². The van der Waals surface area contributed by atoms with Crippen molar-refractivity contribution in [2.24, 2.45) is 0 Å². The maximum atomic E-state index is 12.3. The molecule has 0 atom stereocenters. The van der Waals surface area contributed by atoms with Crippen LogP contribution in [-0.2, 0) is 6.42 Å². The van der Waals surface area contributed by atoms with Gasteiger partial charge in [-0.15, -0.1) is 0 Å². The van der Waals surface area contributed by atoms with Gasteiger partial charge in [-0.1, -0.05) is 48.9 Å². The Balaban J connectivity index is 2.41.